The van der Waals surface area contributed by atoms with E-state index in [0.717, 1.165) is 36.9 Å². The van der Waals surface area contributed by atoms with Crippen LogP contribution in [0, 0.1) is 6.92 Å². The Hall–Kier alpha value is -2.88. The molecule has 1 spiro atoms. The molecule has 2 heterocycles. The van der Waals surface area contributed by atoms with Crippen molar-refractivity contribution >= 4 is 23.6 Å². The minimum absolute atomic E-state index is 0.0690. The second-order valence-electron chi connectivity index (χ2n) is 7.76. The van der Waals surface area contributed by atoms with Crippen molar-refractivity contribution in [1.29, 1.82) is 0 Å². The number of rotatable bonds is 3. The van der Waals surface area contributed by atoms with Crippen LogP contribution >= 0.6 is 0 Å². The molecule has 2 aromatic rings. The Morgan fingerprint density at radius 3 is 2.36 bits per heavy atom. The fraction of sp³-hybridized carbons (Fsp3) is 0.333. The average Bonchev–Trinajstić information content (AvgIpc) is 3.14. The molecule has 0 aliphatic carbocycles. The lowest BCUT2D eigenvalue weighted by Crippen LogP contribution is -2.61. The molecule has 144 valence electrons. The molecule has 4 heteroatoms. The summed E-state index contributed by atoms with van der Waals surface area (Å²) in [5.74, 6) is 0.00187. The monoisotopic (exact) mass is 374 g/mol. The number of piperidine rings is 1. The van der Waals surface area contributed by atoms with Gasteiger partial charge in [-0.1, -0.05) is 48.0 Å². The van der Waals surface area contributed by atoms with Crippen molar-refractivity contribution < 1.29 is 9.59 Å². The number of anilines is 1. The third-order valence-electron chi connectivity index (χ3n) is 5.93. The average molecular weight is 374 g/mol. The highest BCUT2D eigenvalue weighted by Crippen LogP contribution is 2.40. The highest BCUT2D eigenvalue weighted by Gasteiger charge is 2.52. The van der Waals surface area contributed by atoms with Crippen LogP contribution < -0.4 is 4.90 Å². The summed E-state index contributed by atoms with van der Waals surface area (Å²) in [5, 5.41) is 0. The van der Waals surface area contributed by atoms with Crippen LogP contribution in [0.2, 0.25) is 0 Å². The molecule has 1 atom stereocenters. The first kappa shape index (κ1) is 18.5. The van der Waals surface area contributed by atoms with E-state index in [0.29, 0.717) is 13.1 Å². The number of benzene rings is 2. The molecule has 0 saturated carbocycles. The van der Waals surface area contributed by atoms with E-state index < -0.39 is 5.54 Å². The maximum atomic E-state index is 13.5. The Morgan fingerprint density at radius 1 is 0.964 bits per heavy atom. The smallest absolute Gasteiger partial charge is 0.252 e. The summed E-state index contributed by atoms with van der Waals surface area (Å²) in [6, 6.07) is 17.9. The van der Waals surface area contributed by atoms with Crippen molar-refractivity contribution in [3.63, 3.8) is 0 Å². The number of hydrogen-bond donors (Lipinski definition) is 0. The molecule has 2 aliphatic heterocycles. The molecule has 2 fully saturated rings. The van der Waals surface area contributed by atoms with Crippen LogP contribution in [0.3, 0.4) is 0 Å². The van der Waals surface area contributed by atoms with Gasteiger partial charge in [-0.15, -0.1) is 0 Å². The fourth-order valence-electron chi connectivity index (χ4n) is 4.46. The van der Waals surface area contributed by atoms with Gasteiger partial charge in [0.1, 0.15) is 5.54 Å². The number of aryl methyl sites for hydroxylation is 1. The number of hydrogen-bond acceptors (Lipinski definition) is 2. The van der Waals surface area contributed by atoms with Crippen LogP contribution in [0.25, 0.3) is 6.08 Å². The number of nitrogens with zero attached hydrogens (tertiary/aromatic N) is 2. The van der Waals surface area contributed by atoms with E-state index >= 15 is 0 Å². The molecular formula is C24H26N2O2. The second kappa shape index (κ2) is 7.63. The number of likely N-dealkylation sites (tertiary alicyclic amines) is 1. The molecule has 1 unspecified atom stereocenters. The zero-order valence-electron chi connectivity index (χ0n) is 16.3. The zero-order chi connectivity index (χ0) is 19.6. The molecule has 0 N–H and O–H groups in total. The first-order valence-electron chi connectivity index (χ1n) is 10.0. The minimum Gasteiger partial charge on any atom is -0.324 e. The minimum atomic E-state index is -0.693. The quantitative estimate of drug-likeness (QED) is 0.756. The maximum absolute atomic E-state index is 13.5. The summed E-state index contributed by atoms with van der Waals surface area (Å²) in [4.78, 5) is 30.2. The fourth-order valence-corrected chi connectivity index (χ4v) is 4.46. The van der Waals surface area contributed by atoms with Gasteiger partial charge in [-0.25, -0.2) is 0 Å². The van der Waals surface area contributed by atoms with Gasteiger partial charge in [-0.2, -0.15) is 0 Å². The first-order valence-corrected chi connectivity index (χ1v) is 10.0. The normalized spacial score (nSPS) is 22.4. The molecule has 4 rings (SSSR count). The van der Waals surface area contributed by atoms with Crippen molar-refractivity contribution in [2.45, 2.75) is 38.1 Å². The SMILES string of the molecule is Cc1ccc(N2CCCC3(CCCN3C(=O)/C=C/c3ccccc3)C2=O)cc1. The van der Waals surface area contributed by atoms with Crippen LogP contribution in [0.15, 0.2) is 60.7 Å². The van der Waals surface area contributed by atoms with Gasteiger partial charge in [0.05, 0.1) is 0 Å². The molecule has 2 saturated heterocycles. The van der Waals surface area contributed by atoms with Gasteiger partial charge in [0.15, 0.2) is 0 Å². The van der Waals surface area contributed by atoms with E-state index in [1.807, 2.05) is 77.4 Å². The molecular weight excluding hydrogens is 348 g/mol. The predicted molar refractivity (Wildman–Crippen MR) is 112 cm³/mol. The van der Waals surface area contributed by atoms with Gasteiger partial charge in [0.2, 0.25) is 5.91 Å². The van der Waals surface area contributed by atoms with E-state index in [1.165, 1.54) is 5.56 Å². The van der Waals surface area contributed by atoms with Crippen LogP contribution in [-0.2, 0) is 9.59 Å². The van der Waals surface area contributed by atoms with Crippen molar-refractivity contribution in [2.75, 3.05) is 18.0 Å². The largest absolute Gasteiger partial charge is 0.324 e. The van der Waals surface area contributed by atoms with Crippen LogP contribution in [-0.4, -0.2) is 35.3 Å². The lowest BCUT2D eigenvalue weighted by atomic mass is 9.85. The molecule has 2 amide bonds. The highest BCUT2D eigenvalue weighted by molar-refractivity contribution is 6.05. The van der Waals surface area contributed by atoms with Gasteiger partial charge in [-0.05, 0) is 56.4 Å². The molecule has 0 bridgehead atoms. The summed E-state index contributed by atoms with van der Waals surface area (Å²) < 4.78 is 0. The zero-order valence-corrected chi connectivity index (χ0v) is 16.3. The third kappa shape index (κ3) is 3.35. The van der Waals surface area contributed by atoms with E-state index in [2.05, 4.69) is 0 Å². The standard InChI is InChI=1S/C24H26N2O2/c1-19-9-12-21(13-10-19)25-17-5-15-24(23(25)28)16-6-18-26(24)22(27)14-11-20-7-3-2-4-8-20/h2-4,7-14H,5-6,15-18H2,1H3/b14-11+. The van der Waals surface area contributed by atoms with Crippen LogP contribution in [0.4, 0.5) is 5.69 Å². The first-order chi connectivity index (χ1) is 13.6. The number of carbonyl (C=O) groups excluding carboxylic acids is 2. The Morgan fingerprint density at radius 2 is 1.64 bits per heavy atom. The Bertz CT molecular complexity index is 889. The molecule has 2 aliphatic rings. The van der Waals surface area contributed by atoms with E-state index in [4.69, 9.17) is 0 Å². The molecule has 28 heavy (non-hydrogen) atoms. The summed E-state index contributed by atoms with van der Waals surface area (Å²) >= 11 is 0. The van der Waals surface area contributed by atoms with E-state index in [9.17, 15) is 9.59 Å². The van der Waals surface area contributed by atoms with Crippen molar-refractivity contribution in [1.82, 2.24) is 4.90 Å². The van der Waals surface area contributed by atoms with Gasteiger partial charge >= 0.3 is 0 Å². The van der Waals surface area contributed by atoms with Crippen molar-refractivity contribution in [3.05, 3.63) is 71.8 Å². The van der Waals surface area contributed by atoms with Gasteiger partial charge in [0, 0.05) is 24.9 Å². The van der Waals surface area contributed by atoms with Crippen molar-refractivity contribution in [3.8, 4) is 0 Å². The topological polar surface area (TPSA) is 40.6 Å². The van der Waals surface area contributed by atoms with E-state index in [-0.39, 0.29) is 11.8 Å². The Kier molecular flexibility index (Phi) is 5.03. The maximum Gasteiger partial charge on any atom is 0.252 e. The summed E-state index contributed by atoms with van der Waals surface area (Å²) in [6.07, 6.45) is 6.72. The van der Waals surface area contributed by atoms with E-state index in [1.54, 1.807) is 6.08 Å². The number of amides is 2. The second-order valence-corrected chi connectivity index (χ2v) is 7.76. The summed E-state index contributed by atoms with van der Waals surface area (Å²) in [6.45, 7) is 3.40. The van der Waals surface area contributed by atoms with Crippen molar-refractivity contribution in [2.24, 2.45) is 0 Å². The Labute approximate surface area is 166 Å². The molecule has 0 aromatic heterocycles. The lowest BCUT2D eigenvalue weighted by molar-refractivity contribution is -0.142. The van der Waals surface area contributed by atoms with Gasteiger partial charge in [-0.3, -0.25) is 9.59 Å². The van der Waals surface area contributed by atoms with Gasteiger partial charge < -0.3 is 9.80 Å². The third-order valence-corrected chi connectivity index (χ3v) is 5.93. The number of carbonyl (C=O) groups is 2. The van der Waals surface area contributed by atoms with Crippen LogP contribution in [0.5, 0.6) is 0 Å². The highest BCUT2D eigenvalue weighted by atomic mass is 16.2. The van der Waals surface area contributed by atoms with Gasteiger partial charge in [0.25, 0.3) is 5.91 Å². The summed E-state index contributed by atoms with van der Waals surface area (Å²) in [5.41, 5.74) is 2.39. The lowest BCUT2D eigenvalue weighted by Gasteiger charge is -2.44. The summed E-state index contributed by atoms with van der Waals surface area (Å²) in [7, 11) is 0. The van der Waals surface area contributed by atoms with Crippen LogP contribution in [0.1, 0.15) is 36.8 Å². The molecule has 0 radical (unpaired) electrons. The predicted octanol–water partition coefficient (Wildman–Crippen LogP) is 4.20. The molecule has 4 nitrogen and oxygen atoms in total. The Balaban J connectivity index is 1.58. The molecule has 2 aromatic carbocycles.